The number of carbonyl (C=O) groups excluding carboxylic acids is 2. The number of nitrogens with one attached hydrogen (secondary N) is 1. The van der Waals surface area contributed by atoms with Crippen molar-refractivity contribution in [2.45, 2.75) is 12.0 Å². The maximum absolute atomic E-state index is 11.3. The predicted octanol–water partition coefficient (Wildman–Crippen LogP) is 0.226. The number of hydrogen-bond donors (Lipinski definition) is 1. The van der Waals surface area contributed by atoms with E-state index in [1.54, 1.807) is 6.92 Å². The molecule has 1 aliphatic heterocycles. The molecule has 0 bridgehead atoms. The Kier molecular flexibility index (Phi) is 3.17. The topological polar surface area (TPSA) is 64.6 Å². The Morgan fingerprint density at radius 3 is 2.64 bits per heavy atom. The minimum Gasteiger partial charge on any atom is -0.466 e. The van der Waals surface area contributed by atoms with Gasteiger partial charge in [0.1, 0.15) is 0 Å². The Morgan fingerprint density at radius 2 is 2.21 bits per heavy atom. The fraction of sp³-hybridized carbons (Fsp3) is 0.500. The van der Waals surface area contributed by atoms with Gasteiger partial charge in [0.05, 0.1) is 12.0 Å². The summed E-state index contributed by atoms with van der Waals surface area (Å²) in [5.74, 6) is -0.882. The molecule has 0 unspecified atom stereocenters. The lowest BCUT2D eigenvalue weighted by Gasteiger charge is -2.19. The van der Waals surface area contributed by atoms with Crippen molar-refractivity contribution in [2.24, 2.45) is 0 Å². The van der Waals surface area contributed by atoms with Crippen LogP contribution in [0.3, 0.4) is 0 Å². The zero-order valence-electron chi connectivity index (χ0n) is 8.12. The number of carbonyl (C=O) groups is 2. The molecule has 1 aliphatic rings. The second kappa shape index (κ2) is 4.02. The van der Waals surface area contributed by atoms with Gasteiger partial charge in [0.2, 0.25) is 0 Å². The van der Waals surface area contributed by atoms with Gasteiger partial charge in [-0.15, -0.1) is 0 Å². The van der Waals surface area contributed by atoms with Gasteiger partial charge in [-0.3, -0.25) is 4.79 Å². The van der Waals surface area contributed by atoms with E-state index in [9.17, 15) is 9.59 Å². The average Bonchev–Trinajstić information content (AvgIpc) is 2.43. The number of rotatable bonds is 2. The highest BCUT2D eigenvalue weighted by atomic mass is 32.2. The van der Waals surface area contributed by atoms with Crippen LogP contribution in [0.5, 0.6) is 0 Å². The van der Waals surface area contributed by atoms with Gasteiger partial charge >= 0.3 is 5.97 Å². The molecule has 0 spiro atoms. The van der Waals surface area contributed by atoms with Crippen molar-refractivity contribution < 1.29 is 19.1 Å². The summed E-state index contributed by atoms with van der Waals surface area (Å²) in [5, 5.41) is 1.79. The van der Waals surface area contributed by atoms with Crippen LogP contribution in [0.4, 0.5) is 0 Å². The van der Waals surface area contributed by atoms with Crippen LogP contribution >= 0.6 is 11.8 Å². The van der Waals surface area contributed by atoms with E-state index in [4.69, 9.17) is 4.74 Å². The number of methoxy groups -OCH3 is 2. The molecule has 0 radical (unpaired) electrons. The Hall–Kier alpha value is -1.01. The van der Waals surface area contributed by atoms with Crippen LogP contribution in [-0.2, 0) is 19.1 Å². The number of esters is 1. The molecule has 1 heterocycles. The summed E-state index contributed by atoms with van der Waals surface area (Å²) >= 11 is 1.14. The quantitative estimate of drug-likeness (QED) is 0.529. The van der Waals surface area contributed by atoms with Crippen molar-refractivity contribution in [3.63, 3.8) is 0 Å². The van der Waals surface area contributed by atoms with Gasteiger partial charge in [0, 0.05) is 13.2 Å². The minimum atomic E-state index is -0.795. The SMILES string of the molecule is COC(=O)/C=C1\S[C@@](C)(OC)NC1=O. The minimum absolute atomic E-state index is 0.293. The normalized spacial score (nSPS) is 29.1. The Morgan fingerprint density at radius 1 is 1.57 bits per heavy atom. The first-order valence-corrected chi connectivity index (χ1v) is 4.69. The van der Waals surface area contributed by atoms with Crippen LogP contribution in [0.1, 0.15) is 6.92 Å². The van der Waals surface area contributed by atoms with E-state index in [2.05, 4.69) is 10.1 Å². The summed E-state index contributed by atoms with van der Waals surface area (Å²) in [6.45, 7) is 1.70. The first-order chi connectivity index (χ1) is 6.50. The molecule has 1 amide bonds. The van der Waals surface area contributed by atoms with Gasteiger partial charge in [0.15, 0.2) is 5.06 Å². The molecule has 6 heteroatoms. The van der Waals surface area contributed by atoms with E-state index >= 15 is 0 Å². The van der Waals surface area contributed by atoms with Crippen LogP contribution in [-0.4, -0.2) is 31.2 Å². The molecule has 0 aliphatic carbocycles. The molecular formula is C8H11NO4S. The molecule has 0 aromatic heterocycles. The second-order valence-electron chi connectivity index (χ2n) is 2.74. The van der Waals surface area contributed by atoms with Crippen molar-refractivity contribution in [2.75, 3.05) is 14.2 Å². The van der Waals surface area contributed by atoms with Crippen molar-refractivity contribution in [3.8, 4) is 0 Å². The third-order valence-corrected chi connectivity index (χ3v) is 2.89. The van der Waals surface area contributed by atoms with Gasteiger partial charge < -0.3 is 14.8 Å². The zero-order valence-corrected chi connectivity index (χ0v) is 8.94. The molecule has 1 N–H and O–H groups in total. The Bertz CT molecular complexity index is 302. The van der Waals surface area contributed by atoms with Gasteiger partial charge in [-0.1, -0.05) is 11.8 Å². The molecule has 1 saturated heterocycles. The second-order valence-corrected chi connectivity index (χ2v) is 4.16. The van der Waals surface area contributed by atoms with Gasteiger partial charge in [-0.05, 0) is 6.92 Å². The summed E-state index contributed by atoms with van der Waals surface area (Å²) in [6, 6.07) is 0. The van der Waals surface area contributed by atoms with Crippen LogP contribution in [0.25, 0.3) is 0 Å². The lowest BCUT2D eigenvalue weighted by Crippen LogP contribution is -2.37. The molecule has 1 fully saturated rings. The van der Waals surface area contributed by atoms with Crippen LogP contribution in [0.2, 0.25) is 0 Å². The van der Waals surface area contributed by atoms with Crippen molar-refractivity contribution in [1.29, 1.82) is 0 Å². The molecule has 14 heavy (non-hydrogen) atoms. The summed E-state index contributed by atoms with van der Waals surface area (Å²) in [5.41, 5.74) is 0. The van der Waals surface area contributed by atoms with E-state index in [1.807, 2.05) is 0 Å². The van der Waals surface area contributed by atoms with Gasteiger partial charge in [-0.2, -0.15) is 0 Å². The average molecular weight is 217 g/mol. The van der Waals surface area contributed by atoms with E-state index in [1.165, 1.54) is 14.2 Å². The summed E-state index contributed by atoms with van der Waals surface area (Å²) in [6.07, 6.45) is 1.14. The third kappa shape index (κ3) is 2.27. The monoisotopic (exact) mass is 217 g/mol. The lowest BCUT2D eigenvalue weighted by atomic mass is 10.4. The third-order valence-electron chi connectivity index (χ3n) is 1.71. The maximum Gasteiger partial charge on any atom is 0.331 e. The van der Waals surface area contributed by atoms with E-state index in [-0.39, 0.29) is 5.91 Å². The van der Waals surface area contributed by atoms with Crippen molar-refractivity contribution in [3.05, 3.63) is 11.0 Å². The molecule has 5 nitrogen and oxygen atoms in total. The summed E-state index contributed by atoms with van der Waals surface area (Å²) in [4.78, 5) is 22.5. The zero-order chi connectivity index (χ0) is 10.8. The standard InChI is InChI=1S/C8H11NO4S/c1-8(13-3)9-7(11)5(14-8)4-6(10)12-2/h4H,1-3H3,(H,9,11)/b5-4-/t8-/m1/s1. The first-order valence-electron chi connectivity index (χ1n) is 3.87. The molecule has 78 valence electrons. The number of amides is 1. The van der Waals surface area contributed by atoms with Crippen LogP contribution < -0.4 is 5.32 Å². The van der Waals surface area contributed by atoms with E-state index in [0.717, 1.165) is 17.8 Å². The maximum atomic E-state index is 11.3. The molecular weight excluding hydrogens is 206 g/mol. The molecule has 0 aromatic rings. The summed E-state index contributed by atoms with van der Waals surface area (Å²) in [7, 11) is 2.74. The number of thioether (sulfide) groups is 1. The lowest BCUT2D eigenvalue weighted by molar-refractivity contribution is -0.135. The molecule has 0 saturated carbocycles. The fourth-order valence-electron chi connectivity index (χ4n) is 0.903. The van der Waals surface area contributed by atoms with Crippen molar-refractivity contribution >= 4 is 23.6 Å². The summed E-state index contributed by atoms with van der Waals surface area (Å²) < 4.78 is 9.47. The molecule has 0 aromatic carbocycles. The van der Waals surface area contributed by atoms with Crippen LogP contribution in [0, 0.1) is 0 Å². The molecule has 1 rings (SSSR count). The number of ether oxygens (including phenoxy) is 2. The van der Waals surface area contributed by atoms with E-state index < -0.39 is 11.0 Å². The predicted molar refractivity (Wildman–Crippen MR) is 51.2 cm³/mol. The highest BCUT2D eigenvalue weighted by molar-refractivity contribution is 8.05. The largest absolute Gasteiger partial charge is 0.466 e. The number of hydrogen-bond acceptors (Lipinski definition) is 5. The van der Waals surface area contributed by atoms with Crippen molar-refractivity contribution in [1.82, 2.24) is 5.32 Å². The Labute approximate surface area is 85.8 Å². The van der Waals surface area contributed by atoms with E-state index in [0.29, 0.717) is 4.91 Å². The Balaban J connectivity index is 2.80. The highest BCUT2D eigenvalue weighted by Gasteiger charge is 2.38. The fourth-order valence-corrected chi connectivity index (χ4v) is 1.85. The first kappa shape index (κ1) is 11.1. The van der Waals surface area contributed by atoms with Crippen LogP contribution in [0.15, 0.2) is 11.0 Å². The molecule has 1 atom stereocenters. The van der Waals surface area contributed by atoms with Gasteiger partial charge in [-0.25, -0.2) is 4.79 Å². The highest BCUT2D eigenvalue weighted by Crippen LogP contribution is 2.36. The van der Waals surface area contributed by atoms with Gasteiger partial charge in [0.25, 0.3) is 5.91 Å². The smallest absolute Gasteiger partial charge is 0.331 e.